The first-order valence-electron chi connectivity index (χ1n) is 9.14. The molecule has 2 heterocycles. The third kappa shape index (κ3) is 2.12. The van der Waals surface area contributed by atoms with Gasteiger partial charge < -0.3 is 5.32 Å². The van der Waals surface area contributed by atoms with E-state index < -0.39 is 5.41 Å². The Hall–Kier alpha value is -2.53. The summed E-state index contributed by atoms with van der Waals surface area (Å²) in [4.78, 5) is 27.6. The molecule has 1 fully saturated rings. The van der Waals surface area contributed by atoms with Crippen LogP contribution in [0.2, 0.25) is 5.02 Å². The molecule has 1 saturated carbocycles. The molecule has 1 aromatic carbocycles. The number of carbonyl (C=O) groups excluding carboxylic acids is 1. The first-order chi connectivity index (χ1) is 12.9. The van der Waals surface area contributed by atoms with Gasteiger partial charge >= 0.3 is 0 Å². The van der Waals surface area contributed by atoms with Gasteiger partial charge in [-0.1, -0.05) is 37.6 Å². The third-order valence-electron chi connectivity index (χ3n) is 6.47. The van der Waals surface area contributed by atoms with Crippen LogP contribution in [0.15, 0.2) is 42.6 Å². The zero-order valence-electron chi connectivity index (χ0n) is 15.2. The number of carbonyl (C=O) groups is 1. The van der Waals surface area contributed by atoms with Gasteiger partial charge in [-0.2, -0.15) is 0 Å². The van der Waals surface area contributed by atoms with Gasteiger partial charge in [0.1, 0.15) is 5.82 Å². The van der Waals surface area contributed by atoms with Crippen molar-refractivity contribution in [2.75, 3.05) is 5.32 Å². The van der Waals surface area contributed by atoms with E-state index in [9.17, 15) is 4.79 Å². The van der Waals surface area contributed by atoms with Crippen molar-refractivity contribution in [3.8, 4) is 0 Å². The first-order valence-corrected chi connectivity index (χ1v) is 9.51. The number of amides is 1. The van der Waals surface area contributed by atoms with Crippen molar-refractivity contribution in [3.63, 3.8) is 0 Å². The normalized spacial score (nSPS) is 24.8. The van der Waals surface area contributed by atoms with Crippen LogP contribution >= 0.6 is 11.6 Å². The van der Waals surface area contributed by atoms with Crippen LogP contribution in [-0.2, 0) is 10.2 Å². The number of rotatable bonds is 2. The van der Waals surface area contributed by atoms with E-state index in [0.29, 0.717) is 10.8 Å². The van der Waals surface area contributed by atoms with Crippen LogP contribution in [0.5, 0.6) is 0 Å². The SMILES string of the molecule is CC1(C)C2CCC1(C(=O)Nc1ccc(Cl)cn1)c1nc3ccccc3nc12. The monoisotopic (exact) mass is 378 g/mol. The zero-order chi connectivity index (χ0) is 18.8. The maximum Gasteiger partial charge on any atom is 0.238 e. The molecule has 2 aliphatic rings. The molecule has 0 spiro atoms. The molecule has 6 heteroatoms. The van der Waals surface area contributed by atoms with Gasteiger partial charge in [0.15, 0.2) is 0 Å². The van der Waals surface area contributed by atoms with Crippen molar-refractivity contribution >= 4 is 34.4 Å². The maximum atomic E-state index is 13.5. The largest absolute Gasteiger partial charge is 0.310 e. The minimum atomic E-state index is -0.703. The molecule has 2 atom stereocenters. The van der Waals surface area contributed by atoms with Crippen LogP contribution in [0.1, 0.15) is 44.0 Å². The molecule has 1 amide bonds. The number of hydrogen-bond donors (Lipinski definition) is 1. The highest BCUT2D eigenvalue weighted by Gasteiger charge is 2.67. The average molecular weight is 379 g/mol. The number of anilines is 1. The van der Waals surface area contributed by atoms with E-state index >= 15 is 0 Å². The second-order valence-corrected chi connectivity index (χ2v) is 8.42. The Kier molecular flexibility index (Phi) is 3.38. The molecule has 3 aromatic rings. The van der Waals surface area contributed by atoms with Crippen LogP contribution in [0.25, 0.3) is 11.0 Å². The Morgan fingerprint density at radius 2 is 1.89 bits per heavy atom. The fourth-order valence-corrected chi connectivity index (χ4v) is 5.11. The van der Waals surface area contributed by atoms with E-state index in [2.05, 4.69) is 24.1 Å². The highest BCUT2D eigenvalue weighted by molar-refractivity contribution is 6.30. The van der Waals surface area contributed by atoms with Crippen molar-refractivity contribution in [2.45, 2.75) is 38.0 Å². The zero-order valence-corrected chi connectivity index (χ0v) is 15.9. The summed E-state index contributed by atoms with van der Waals surface area (Å²) >= 11 is 5.91. The lowest BCUT2D eigenvalue weighted by Crippen LogP contribution is -2.46. The predicted molar refractivity (Wildman–Crippen MR) is 105 cm³/mol. The molecule has 2 bridgehead atoms. The maximum absolute atomic E-state index is 13.5. The first kappa shape index (κ1) is 16.6. The molecular formula is C21H19ClN4O. The number of pyridine rings is 1. The van der Waals surface area contributed by atoms with Crippen molar-refractivity contribution in [2.24, 2.45) is 5.41 Å². The van der Waals surface area contributed by atoms with Crippen LogP contribution in [0.3, 0.4) is 0 Å². The fraction of sp³-hybridized carbons (Fsp3) is 0.333. The molecule has 0 aliphatic heterocycles. The Bertz CT molecular complexity index is 1080. The fourth-order valence-electron chi connectivity index (χ4n) is 5.00. The van der Waals surface area contributed by atoms with Gasteiger partial charge in [-0.3, -0.25) is 4.79 Å². The van der Waals surface area contributed by atoms with E-state index in [1.807, 2.05) is 24.3 Å². The number of aromatic nitrogens is 3. The van der Waals surface area contributed by atoms with Gasteiger partial charge in [-0.25, -0.2) is 15.0 Å². The van der Waals surface area contributed by atoms with Crippen LogP contribution in [0, 0.1) is 5.41 Å². The number of benzene rings is 1. The Labute approximate surface area is 162 Å². The molecule has 2 aliphatic carbocycles. The number of halogens is 1. The summed E-state index contributed by atoms with van der Waals surface area (Å²) in [6.07, 6.45) is 3.24. The highest BCUT2D eigenvalue weighted by Crippen LogP contribution is 2.67. The number of hydrogen-bond acceptors (Lipinski definition) is 4. The summed E-state index contributed by atoms with van der Waals surface area (Å²) in [5, 5.41) is 3.54. The smallest absolute Gasteiger partial charge is 0.238 e. The topological polar surface area (TPSA) is 67.8 Å². The minimum Gasteiger partial charge on any atom is -0.310 e. The lowest BCUT2D eigenvalue weighted by molar-refractivity contribution is -0.124. The summed E-state index contributed by atoms with van der Waals surface area (Å²) in [5.74, 6) is 0.668. The van der Waals surface area contributed by atoms with E-state index in [4.69, 9.17) is 21.6 Å². The molecule has 5 nitrogen and oxygen atoms in total. The summed E-state index contributed by atoms with van der Waals surface area (Å²) in [7, 11) is 0. The van der Waals surface area contributed by atoms with Crippen molar-refractivity contribution < 1.29 is 4.79 Å². The summed E-state index contributed by atoms with van der Waals surface area (Å²) in [6.45, 7) is 4.32. The van der Waals surface area contributed by atoms with Crippen molar-refractivity contribution in [1.29, 1.82) is 0 Å². The van der Waals surface area contributed by atoms with E-state index in [1.165, 1.54) is 6.20 Å². The van der Waals surface area contributed by atoms with Gasteiger partial charge in [0.05, 0.1) is 32.9 Å². The number of nitrogens with zero attached hydrogens (tertiary/aromatic N) is 3. The average Bonchev–Trinajstić information content (AvgIpc) is 3.03. The van der Waals surface area contributed by atoms with Gasteiger partial charge in [-0.05, 0) is 42.5 Å². The molecule has 2 unspecified atom stereocenters. The summed E-state index contributed by atoms with van der Waals surface area (Å²) in [6, 6.07) is 11.3. The van der Waals surface area contributed by atoms with E-state index in [0.717, 1.165) is 35.3 Å². The molecule has 0 radical (unpaired) electrons. The lowest BCUT2D eigenvalue weighted by atomic mass is 9.67. The molecule has 5 rings (SSSR count). The predicted octanol–water partition coefficient (Wildman–Crippen LogP) is 4.47. The second-order valence-electron chi connectivity index (χ2n) is 7.98. The lowest BCUT2D eigenvalue weighted by Gasteiger charge is -2.36. The molecule has 0 saturated heterocycles. The number of para-hydroxylation sites is 2. The standard InChI is InChI=1S/C21H19ClN4O/c1-20(2)13-9-10-21(20,19(27)26-16-8-7-12(22)11-23-16)18-17(13)24-14-5-3-4-6-15(14)25-18/h3-8,11,13H,9-10H2,1-2H3,(H,23,26,27). The van der Waals surface area contributed by atoms with Gasteiger partial charge in [0.25, 0.3) is 0 Å². The summed E-state index contributed by atoms with van der Waals surface area (Å²) in [5.41, 5.74) is 2.55. The van der Waals surface area contributed by atoms with E-state index in [-0.39, 0.29) is 17.2 Å². The van der Waals surface area contributed by atoms with Crippen LogP contribution in [-0.4, -0.2) is 20.9 Å². The van der Waals surface area contributed by atoms with E-state index in [1.54, 1.807) is 12.1 Å². The number of fused-ring (bicyclic) bond motifs is 6. The molecule has 2 aromatic heterocycles. The molecule has 1 N–H and O–H groups in total. The van der Waals surface area contributed by atoms with Gasteiger partial charge in [-0.15, -0.1) is 0 Å². The molecular weight excluding hydrogens is 360 g/mol. The van der Waals surface area contributed by atoms with Crippen molar-refractivity contribution in [1.82, 2.24) is 15.0 Å². The molecule has 27 heavy (non-hydrogen) atoms. The van der Waals surface area contributed by atoms with Gasteiger partial charge in [0, 0.05) is 12.1 Å². The van der Waals surface area contributed by atoms with Crippen LogP contribution in [0.4, 0.5) is 5.82 Å². The Morgan fingerprint density at radius 3 is 2.59 bits per heavy atom. The Morgan fingerprint density at radius 1 is 1.15 bits per heavy atom. The third-order valence-corrected chi connectivity index (χ3v) is 6.69. The highest BCUT2D eigenvalue weighted by atomic mass is 35.5. The summed E-state index contributed by atoms with van der Waals surface area (Å²) < 4.78 is 0. The minimum absolute atomic E-state index is 0.0619. The Balaban J connectivity index is 1.65. The second kappa shape index (κ2) is 5.49. The molecule has 136 valence electrons. The van der Waals surface area contributed by atoms with Crippen molar-refractivity contribution in [3.05, 3.63) is 59.0 Å². The van der Waals surface area contributed by atoms with Gasteiger partial charge in [0.2, 0.25) is 5.91 Å². The number of nitrogens with one attached hydrogen (secondary N) is 1. The van der Waals surface area contributed by atoms with Crippen LogP contribution < -0.4 is 5.32 Å². The quantitative estimate of drug-likeness (QED) is 0.714.